The molecule has 1 fully saturated rings. The highest BCUT2D eigenvalue weighted by Crippen LogP contribution is 2.30. The number of hydrogen-bond donors (Lipinski definition) is 0. The van der Waals surface area contributed by atoms with Crippen LogP contribution in [-0.4, -0.2) is 55.2 Å². The van der Waals surface area contributed by atoms with E-state index < -0.39 is 11.9 Å². The molecule has 3 rings (SSSR count). The molecule has 0 bridgehead atoms. The highest BCUT2D eigenvalue weighted by atomic mass is 19.4. The number of halogens is 3. The van der Waals surface area contributed by atoms with Gasteiger partial charge in [-0.15, -0.1) is 0 Å². The molecule has 1 saturated heterocycles. The standard InChI is InChI=1S/C16H19F3N6/c1-23(2)14-10-15(22-11-21-14)25-7-5-24(6-8-25)12-3-4-20-13(9-12)16(17,18)19/h3-4,9-11H,5-8H2,1-2H3. The number of nitrogens with zero attached hydrogens (tertiary/aromatic N) is 6. The van der Waals surface area contributed by atoms with Crippen LogP contribution in [0.2, 0.25) is 0 Å². The maximum absolute atomic E-state index is 12.8. The molecule has 3 heterocycles. The van der Waals surface area contributed by atoms with Gasteiger partial charge in [0, 0.05) is 58.2 Å². The highest BCUT2D eigenvalue weighted by Gasteiger charge is 2.33. The second kappa shape index (κ2) is 6.73. The van der Waals surface area contributed by atoms with Crippen molar-refractivity contribution >= 4 is 17.3 Å². The molecule has 2 aromatic heterocycles. The molecule has 0 aromatic carbocycles. The van der Waals surface area contributed by atoms with Crippen molar-refractivity contribution in [2.75, 3.05) is 55.0 Å². The third-order valence-corrected chi connectivity index (χ3v) is 4.10. The fraction of sp³-hybridized carbons (Fsp3) is 0.438. The lowest BCUT2D eigenvalue weighted by atomic mass is 10.2. The molecule has 0 amide bonds. The molecular weight excluding hydrogens is 333 g/mol. The van der Waals surface area contributed by atoms with Gasteiger partial charge in [-0.3, -0.25) is 4.98 Å². The SMILES string of the molecule is CN(C)c1cc(N2CCN(c3ccnc(C(F)(F)F)c3)CC2)ncn1. The summed E-state index contributed by atoms with van der Waals surface area (Å²) in [5.74, 6) is 1.64. The lowest BCUT2D eigenvalue weighted by Gasteiger charge is -2.37. The molecule has 2 aromatic rings. The molecule has 0 spiro atoms. The molecule has 1 aliphatic rings. The van der Waals surface area contributed by atoms with Crippen molar-refractivity contribution in [3.63, 3.8) is 0 Å². The molecule has 9 heteroatoms. The van der Waals surface area contributed by atoms with E-state index in [0.29, 0.717) is 31.9 Å². The van der Waals surface area contributed by atoms with Crippen LogP contribution in [0.25, 0.3) is 0 Å². The van der Waals surface area contributed by atoms with E-state index in [2.05, 4.69) is 19.9 Å². The number of alkyl halides is 3. The van der Waals surface area contributed by atoms with Crippen LogP contribution in [0, 0.1) is 0 Å². The third kappa shape index (κ3) is 3.92. The minimum Gasteiger partial charge on any atom is -0.368 e. The van der Waals surface area contributed by atoms with Gasteiger partial charge in [0.05, 0.1) is 0 Å². The van der Waals surface area contributed by atoms with Crippen molar-refractivity contribution in [3.8, 4) is 0 Å². The summed E-state index contributed by atoms with van der Waals surface area (Å²) >= 11 is 0. The average molecular weight is 352 g/mol. The van der Waals surface area contributed by atoms with Crippen molar-refractivity contribution < 1.29 is 13.2 Å². The van der Waals surface area contributed by atoms with Gasteiger partial charge < -0.3 is 14.7 Å². The molecule has 1 aliphatic heterocycles. The molecule has 0 N–H and O–H groups in total. The predicted molar refractivity (Wildman–Crippen MR) is 90.0 cm³/mol. The Bertz CT molecular complexity index is 726. The normalized spacial score (nSPS) is 15.4. The summed E-state index contributed by atoms with van der Waals surface area (Å²) in [6, 6.07) is 4.62. The van der Waals surface area contributed by atoms with Crippen molar-refractivity contribution in [2.45, 2.75) is 6.18 Å². The Morgan fingerprint density at radius 2 is 1.64 bits per heavy atom. The Balaban J connectivity index is 1.69. The smallest absolute Gasteiger partial charge is 0.368 e. The van der Waals surface area contributed by atoms with Gasteiger partial charge >= 0.3 is 6.18 Å². The van der Waals surface area contributed by atoms with E-state index in [1.165, 1.54) is 12.5 Å². The van der Waals surface area contributed by atoms with E-state index in [1.807, 2.05) is 30.0 Å². The maximum Gasteiger partial charge on any atom is 0.433 e. The molecule has 6 nitrogen and oxygen atoms in total. The van der Waals surface area contributed by atoms with Crippen LogP contribution < -0.4 is 14.7 Å². The minimum absolute atomic E-state index is 0.540. The summed E-state index contributed by atoms with van der Waals surface area (Å²) in [7, 11) is 3.82. The van der Waals surface area contributed by atoms with Crippen molar-refractivity contribution in [3.05, 3.63) is 36.4 Å². The minimum atomic E-state index is -4.43. The zero-order valence-electron chi connectivity index (χ0n) is 14.0. The summed E-state index contributed by atoms with van der Waals surface area (Å²) in [4.78, 5) is 17.8. The summed E-state index contributed by atoms with van der Waals surface area (Å²) < 4.78 is 38.4. The summed E-state index contributed by atoms with van der Waals surface area (Å²) in [5.41, 5.74) is -0.322. The number of anilines is 3. The van der Waals surface area contributed by atoms with Crippen molar-refractivity contribution in [2.24, 2.45) is 0 Å². The van der Waals surface area contributed by atoms with E-state index in [9.17, 15) is 13.2 Å². The van der Waals surface area contributed by atoms with Gasteiger partial charge in [0.1, 0.15) is 23.7 Å². The second-order valence-electron chi connectivity index (χ2n) is 6.00. The van der Waals surface area contributed by atoms with Crippen LogP contribution in [0.5, 0.6) is 0 Å². The number of pyridine rings is 1. The van der Waals surface area contributed by atoms with E-state index in [4.69, 9.17) is 0 Å². The van der Waals surface area contributed by atoms with Gasteiger partial charge in [-0.05, 0) is 12.1 Å². The van der Waals surface area contributed by atoms with E-state index in [1.54, 1.807) is 6.07 Å². The number of hydrogen-bond acceptors (Lipinski definition) is 6. The Labute approximate surface area is 143 Å². The average Bonchev–Trinajstić information content (AvgIpc) is 2.61. The topological polar surface area (TPSA) is 48.4 Å². The Morgan fingerprint density at radius 1 is 0.960 bits per heavy atom. The van der Waals surface area contributed by atoms with Gasteiger partial charge in [-0.25, -0.2) is 9.97 Å². The van der Waals surface area contributed by atoms with Crippen LogP contribution in [0.3, 0.4) is 0 Å². The van der Waals surface area contributed by atoms with Gasteiger partial charge in [-0.2, -0.15) is 13.2 Å². The maximum atomic E-state index is 12.8. The van der Waals surface area contributed by atoms with Crippen LogP contribution >= 0.6 is 0 Å². The largest absolute Gasteiger partial charge is 0.433 e. The summed E-state index contributed by atoms with van der Waals surface area (Å²) in [6.45, 7) is 2.58. The number of aromatic nitrogens is 3. The fourth-order valence-corrected chi connectivity index (χ4v) is 2.72. The highest BCUT2D eigenvalue weighted by molar-refractivity contribution is 5.52. The van der Waals surface area contributed by atoms with E-state index >= 15 is 0 Å². The zero-order chi connectivity index (χ0) is 18.0. The van der Waals surface area contributed by atoms with Crippen LogP contribution in [0.15, 0.2) is 30.7 Å². The van der Waals surface area contributed by atoms with Crippen LogP contribution in [0.4, 0.5) is 30.5 Å². The first kappa shape index (κ1) is 17.2. The monoisotopic (exact) mass is 352 g/mol. The van der Waals surface area contributed by atoms with Crippen molar-refractivity contribution in [1.29, 1.82) is 0 Å². The fourth-order valence-electron chi connectivity index (χ4n) is 2.72. The van der Waals surface area contributed by atoms with Gasteiger partial charge in [0.25, 0.3) is 0 Å². The van der Waals surface area contributed by atoms with E-state index in [0.717, 1.165) is 17.7 Å². The zero-order valence-corrected chi connectivity index (χ0v) is 14.0. The second-order valence-corrected chi connectivity index (χ2v) is 6.00. The van der Waals surface area contributed by atoms with Gasteiger partial charge in [-0.1, -0.05) is 0 Å². The molecule has 0 radical (unpaired) electrons. The van der Waals surface area contributed by atoms with Crippen LogP contribution in [0.1, 0.15) is 5.69 Å². The Hall–Kier alpha value is -2.58. The molecule has 0 saturated carbocycles. The molecule has 0 atom stereocenters. The number of rotatable bonds is 3. The lowest BCUT2D eigenvalue weighted by molar-refractivity contribution is -0.141. The first-order valence-electron chi connectivity index (χ1n) is 7.87. The van der Waals surface area contributed by atoms with Crippen molar-refractivity contribution in [1.82, 2.24) is 15.0 Å². The first-order chi connectivity index (χ1) is 11.8. The molecule has 0 aliphatic carbocycles. The molecule has 134 valence electrons. The Morgan fingerprint density at radius 3 is 2.28 bits per heavy atom. The first-order valence-corrected chi connectivity index (χ1v) is 7.87. The molecule has 25 heavy (non-hydrogen) atoms. The van der Waals surface area contributed by atoms with Gasteiger partial charge in [0.15, 0.2) is 0 Å². The summed E-state index contributed by atoms with van der Waals surface area (Å²) in [6.07, 6.45) is -1.70. The quantitative estimate of drug-likeness (QED) is 0.845. The third-order valence-electron chi connectivity index (χ3n) is 4.10. The number of piperazine rings is 1. The Kier molecular flexibility index (Phi) is 4.65. The predicted octanol–water partition coefficient (Wildman–Crippen LogP) is 2.28. The van der Waals surface area contributed by atoms with Crippen LogP contribution in [-0.2, 0) is 6.18 Å². The van der Waals surface area contributed by atoms with E-state index in [-0.39, 0.29) is 0 Å². The lowest BCUT2D eigenvalue weighted by Crippen LogP contribution is -2.47. The molecule has 0 unspecified atom stereocenters. The molecular formula is C16H19F3N6. The summed E-state index contributed by atoms with van der Waals surface area (Å²) in [5, 5.41) is 0. The van der Waals surface area contributed by atoms with Gasteiger partial charge in [0.2, 0.25) is 0 Å².